The van der Waals surface area contributed by atoms with E-state index in [4.69, 9.17) is 4.74 Å². The lowest BCUT2D eigenvalue weighted by Gasteiger charge is -2.38. The molecule has 0 aromatic heterocycles. The van der Waals surface area contributed by atoms with Gasteiger partial charge in [0, 0.05) is 37.2 Å². The lowest BCUT2D eigenvalue weighted by Crippen LogP contribution is -2.49. The number of esters is 1. The summed E-state index contributed by atoms with van der Waals surface area (Å²) in [6.45, 7) is 3.50. The average molecular weight is 396 g/mol. The third kappa shape index (κ3) is 3.61. The van der Waals surface area contributed by atoms with Crippen molar-refractivity contribution in [1.82, 2.24) is 4.31 Å². The van der Waals surface area contributed by atoms with Gasteiger partial charge in [-0.05, 0) is 37.6 Å². The first-order chi connectivity index (χ1) is 12.5. The van der Waals surface area contributed by atoms with Crippen LogP contribution in [0.5, 0.6) is 0 Å². The van der Waals surface area contributed by atoms with Crippen LogP contribution in [-0.2, 0) is 24.3 Å². The van der Waals surface area contributed by atoms with Gasteiger partial charge in [0.2, 0.25) is 10.0 Å². The van der Waals surface area contributed by atoms with E-state index in [1.165, 1.54) is 29.4 Å². The first-order valence-electron chi connectivity index (χ1n) is 8.51. The largest absolute Gasteiger partial charge is 0.450 e. The maximum Gasteiger partial charge on any atom is 0.335 e. The number of benzene rings is 1. The van der Waals surface area contributed by atoms with Crippen LogP contribution in [-0.4, -0.2) is 49.5 Å². The van der Waals surface area contributed by atoms with Gasteiger partial charge in [0.25, 0.3) is 5.91 Å². The molecule has 0 aliphatic carbocycles. The molecule has 2 aliphatic rings. The van der Waals surface area contributed by atoms with Crippen LogP contribution in [0.25, 0.3) is 0 Å². The standard InChI is InChI=1S/C18H21FN2O5S/c1-11-10-13(19)4-5-14(11)20-16(22)15-12(2)17(23)26-18(15)6-8-21(9-7-18)27(3,24)25/h4-5,10H,6-9H2,1-3H3,(H,20,22). The number of amides is 1. The molecule has 3 rings (SSSR count). The van der Waals surface area contributed by atoms with Gasteiger partial charge < -0.3 is 10.1 Å². The average Bonchev–Trinajstić information content (AvgIpc) is 2.80. The number of sulfonamides is 1. The highest BCUT2D eigenvalue weighted by Crippen LogP contribution is 2.42. The molecule has 0 unspecified atom stereocenters. The first kappa shape index (κ1) is 19.5. The van der Waals surface area contributed by atoms with E-state index in [0.717, 1.165) is 6.26 Å². The van der Waals surface area contributed by atoms with Crippen molar-refractivity contribution in [2.75, 3.05) is 24.7 Å². The highest BCUT2D eigenvalue weighted by atomic mass is 32.2. The van der Waals surface area contributed by atoms with E-state index in [1.807, 2.05) is 0 Å². The second kappa shape index (κ2) is 6.72. The van der Waals surface area contributed by atoms with Gasteiger partial charge in [0.05, 0.1) is 11.8 Å². The smallest absolute Gasteiger partial charge is 0.335 e. The van der Waals surface area contributed by atoms with Gasteiger partial charge in [-0.1, -0.05) is 0 Å². The molecule has 0 atom stereocenters. The minimum atomic E-state index is -3.35. The van der Waals surface area contributed by atoms with Gasteiger partial charge >= 0.3 is 5.97 Å². The number of nitrogens with one attached hydrogen (secondary N) is 1. The molecule has 1 fully saturated rings. The molecule has 27 heavy (non-hydrogen) atoms. The molecule has 2 heterocycles. The van der Waals surface area contributed by atoms with Crippen molar-refractivity contribution in [3.63, 3.8) is 0 Å². The Bertz CT molecular complexity index is 946. The van der Waals surface area contributed by atoms with Gasteiger partial charge in [-0.25, -0.2) is 21.9 Å². The zero-order chi connectivity index (χ0) is 20.0. The summed E-state index contributed by atoms with van der Waals surface area (Å²) in [5.74, 6) is -1.49. The van der Waals surface area contributed by atoms with Crippen molar-refractivity contribution in [2.24, 2.45) is 0 Å². The number of carbonyl (C=O) groups excluding carboxylic acids is 2. The van der Waals surface area contributed by atoms with Gasteiger partial charge in [0.15, 0.2) is 0 Å². The van der Waals surface area contributed by atoms with E-state index >= 15 is 0 Å². The summed E-state index contributed by atoms with van der Waals surface area (Å²) in [7, 11) is -3.35. The Morgan fingerprint density at radius 2 is 1.89 bits per heavy atom. The Morgan fingerprint density at radius 1 is 1.26 bits per heavy atom. The van der Waals surface area contributed by atoms with Crippen molar-refractivity contribution in [2.45, 2.75) is 32.3 Å². The number of anilines is 1. The highest BCUT2D eigenvalue weighted by Gasteiger charge is 2.51. The van der Waals surface area contributed by atoms with Gasteiger partial charge in [-0.3, -0.25) is 4.79 Å². The fraction of sp³-hybridized carbons (Fsp3) is 0.444. The summed E-state index contributed by atoms with van der Waals surface area (Å²) in [6.07, 6.45) is 1.53. The van der Waals surface area contributed by atoms with Crippen molar-refractivity contribution < 1.29 is 27.1 Å². The minimum Gasteiger partial charge on any atom is -0.450 e. The number of ether oxygens (including phenoxy) is 1. The Balaban J connectivity index is 1.87. The minimum absolute atomic E-state index is 0.158. The van der Waals surface area contributed by atoms with E-state index in [9.17, 15) is 22.4 Å². The molecule has 9 heteroatoms. The second-order valence-corrected chi connectivity index (χ2v) is 8.94. The second-order valence-electron chi connectivity index (χ2n) is 6.96. The molecule has 1 N–H and O–H groups in total. The summed E-state index contributed by atoms with van der Waals surface area (Å²) in [5.41, 5.74) is 0.266. The van der Waals surface area contributed by atoms with Crippen molar-refractivity contribution >= 4 is 27.6 Å². The zero-order valence-electron chi connectivity index (χ0n) is 15.3. The van der Waals surface area contributed by atoms with Crippen LogP contribution in [0.4, 0.5) is 10.1 Å². The fourth-order valence-corrected chi connectivity index (χ4v) is 4.46. The maximum absolute atomic E-state index is 13.3. The number of nitrogens with zero attached hydrogens (tertiary/aromatic N) is 1. The van der Waals surface area contributed by atoms with Crippen LogP contribution < -0.4 is 5.32 Å². The molecular weight excluding hydrogens is 375 g/mol. The lowest BCUT2D eigenvalue weighted by molar-refractivity contribution is -0.149. The SMILES string of the molecule is CC1=C(C(=O)Nc2ccc(F)cc2C)C2(CCN(S(C)(=O)=O)CC2)OC1=O. The molecule has 2 aliphatic heterocycles. The Morgan fingerprint density at radius 3 is 2.44 bits per heavy atom. The number of halogens is 1. The van der Waals surface area contributed by atoms with E-state index in [0.29, 0.717) is 11.3 Å². The molecule has 1 spiro atoms. The Kier molecular flexibility index (Phi) is 4.85. The predicted octanol–water partition coefficient (Wildman–Crippen LogP) is 1.74. The summed E-state index contributed by atoms with van der Waals surface area (Å²) >= 11 is 0. The van der Waals surface area contributed by atoms with Crippen molar-refractivity contribution in [3.8, 4) is 0 Å². The number of rotatable bonds is 3. The van der Waals surface area contributed by atoms with Crippen molar-refractivity contribution in [3.05, 3.63) is 40.7 Å². The van der Waals surface area contributed by atoms with Crippen LogP contribution in [0.1, 0.15) is 25.3 Å². The summed E-state index contributed by atoms with van der Waals surface area (Å²) in [6, 6.07) is 3.99. The van der Waals surface area contributed by atoms with Crippen LogP contribution in [0.15, 0.2) is 29.3 Å². The Hall–Kier alpha value is -2.26. The highest BCUT2D eigenvalue weighted by molar-refractivity contribution is 7.88. The van der Waals surface area contributed by atoms with Gasteiger partial charge in [-0.15, -0.1) is 0 Å². The van der Waals surface area contributed by atoms with Crippen LogP contribution in [0, 0.1) is 12.7 Å². The topological polar surface area (TPSA) is 92.8 Å². The summed E-state index contributed by atoms with van der Waals surface area (Å²) in [5, 5.41) is 2.72. The molecule has 1 saturated heterocycles. The third-order valence-corrected chi connectivity index (χ3v) is 6.39. The first-order valence-corrected chi connectivity index (χ1v) is 10.4. The molecule has 1 aromatic carbocycles. The van der Waals surface area contributed by atoms with Crippen LogP contribution in [0.3, 0.4) is 0 Å². The quantitative estimate of drug-likeness (QED) is 0.786. The monoisotopic (exact) mass is 396 g/mol. The number of hydrogen-bond donors (Lipinski definition) is 1. The Labute approximate surface area is 157 Å². The molecule has 1 aromatic rings. The normalized spacial score (nSPS) is 20.1. The lowest BCUT2D eigenvalue weighted by atomic mass is 9.83. The zero-order valence-corrected chi connectivity index (χ0v) is 16.2. The van der Waals surface area contributed by atoms with Crippen LogP contribution in [0.2, 0.25) is 0 Å². The van der Waals surface area contributed by atoms with Gasteiger partial charge in [-0.2, -0.15) is 0 Å². The summed E-state index contributed by atoms with van der Waals surface area (Å²) < 4.78 is 43.6. The van der Waals surface area contributed by atoms with E-state index in [1.54, 1.807) is 6.92 Å². The third-order valence-electron chi connectivity index (χ3n) is 5.09. The van der Waals surface area contributed by atoms with E-state index in [2.05, 4.69) is 5.32 Å². The number of aryl methyl sites for hydroxylation is 1. The molecular formula is C18H21FN2O5S. The number of carbonyl (C=O) groups is 2. The molecule has 0 radical (unpaired) electrons. The molecule has 0 bridgehead atoms. The van der Waals surface area contributed by atoms with E-state index in [-0.39, 0.29) is 37.1 Å². The predicted molar refractivity (Wildman–Crippen MR) is 96.9 cm³/mol. The van der Waals surface area contributed by atoms with Crippen LogP contribution >= 0.6 is 0 Å². The molecule has 146 valence electrons. The number of hydrogen-bond acceptors (Lipinski definition) is 5. The molecule has 1 amide bonds. The molecule has 7 nitrogen and oxygen atoms in total. The van der Waals surface area contributed by atoms with Crippen molar-refractivity contribution in [1.29, 1.82) is 0 Å². The van der Waals surface area contributed by atoms with E-state index < -0.39 is 33.3 Å². The van der Waals surface area contributed by atoms with Gasteiger partial charge in [0.1, 0.15) is 11.4 Å². The number of piperidine rings is 1. The summed E-state index contributed by atoms with van der Waals surface area (Å²) in [4.78, 5) is 25.1. The maximum atomic E-state index is 13.3. The fourth-order valence-electron chi connectivity index (χ4n) is 3.61. The molecule has 0 saturated carbocycles.